The average molecular weight is 210 g/mol. The normalized spacial score (nSPS) is 44.0. The van der Waals surface area contributed by atoms with Crippen LogP contribution in [0.3, 0.4) is 0 Å². The zero-order valence-electron chi connectivity index (χ0n) is 10.7. The van der Waals surface area contributed by atoms with E-state index in [4.69, 9.17) is 0 Å². The predicted octanol–water partition coefficient (Wildman–Crippen LogP) is 2.69. The smallest absolute Gasteiger partial charge is 0.0516 e. The van der Waals surface area contributed by atoms with E-state index < -0.39 is 0 Å². The monoisotopic (exact) mass is 210 g/mol. The van der Waals surface area contributed by atoms with E-state index in [1.807, 2.05) is 0 Å². The predicted molar refractivity (Wildman–Crippen MR) is 64.9 cm³/mol. The van der Waals surface area contributed by atoms with Crippen LogP contribution >= 0.6 is 0 Å². The molecule has 4 atom stereocenters. The van der Waals surface area contributed by atoms with E-state index in [-0.39, 0.29) is 0 Å². The van der Waals surface area contributed by atoms with Crippen LogP contribution in [0.5, 0.6) is 0 Å². The van der Waals surface area contributed by atoms with Gasteiger partial charge in [-0.05, 0) is 53.4 Å². The molecule has 0 radical (unpaired) electrons. The van der Waals surface area contributed by atoms with E-state index in [1.54, 1.807) is 0 Å². The minimum atomic E-state index is 0.792. The van der Waals surface area contributed by atoms with Crippen molar-refractivity contribution in [1.82, 2.24) is 9.80 Å². The van der Waals surface area contributed by atoms with Gasteiger partial charge in [0.2, 0.25) is 0 Å². The van der Waals surface area contributed by atoms with Gasteiger partial charge in [0.05, 0.1) is 6.67 Å². The summed E-state index contributed by atoms with van der Waals surface area (Å²) in [4.78, 5) is 5.39. The van der Waals surface area contributed by atoms with Crippen molar-refractivity contribution in [2.75, 3.05) is 6.67 Å². The fourth-order valence-electron chi connectivity index (χ4n) is 3.24. The number of hydrogen-bond donors (Lipinski definition) is 0. The van der Waals surface area contributed by atoms with E-state index in [9.17, 15) is 0 Å². The van der Waals surface area contributed by atoms with Crippen molar-refractivity contribution in [2.24, 2.45) is 0 Å². The lowest BCUT2D eigenvalue weighted by Crippen LogP contribution is -2.46. The summed E-state index contributed by atoms with van der Waals surface area (Å²) in [5, 5.41) is 0. The molecule has 2 rings (SSSR count). The van der Waals surface area contributed by atoms with Crippen LogP contribution in [0.2, 0.25) is 0 Å². The zero-order chi connectivity index (χ0) is 11.0. The Labute approximate surface area is 94.6 Å². The van der Waals surface area contributed by atoms with Crippen LogP contribution in [-0.4, -0.2) is 40.6 Å². The maximum Gasteiger partial charge on any atom is 0.0516 e. The van der Waals surface area contributed by atoms with Crippen LogP contribution in [0.15, 0.2) is 0 Å². The zero-order valence-corrected chi connectivity index (χ0v) is 10.7. The first-order valence-electron chi connectivity index (χ1n) is 6.61. The molecule has 0 N–H and O–H groups in total. The Bertz CT molecular complexity index is 175. The summed E-state index contributed by atoms with van der Waals surface area (Å²) in [6, 6.07) is 3.17. The maximum absolute atomic E-state index is 2.69. The van der Waals surface area contributed by atoms with Gasteiger partial charge in [-0.25, -0.2) is 0 Å². The second-order valence-electron chi connectivity index (χ2n) is 5.72. The standard InChI is InChI=1S/C13H26N2/c1-10-5-6-11(2)14(10)9-15-12(3)7-8-13(15)4/h10-13H,5-9H2,1-4H3/t10-,11-,12-,13-/m0/s1. The van der Waals surface area contributed by atoms with Crippen molar-refractivity contribution < 1.29 is 0 Å². The fraction of sp³-hybridized carbons (Fsp3) is 1.00. The highest BCUT2D eigenvalue weighted by Crippen LogP contribution is 2.28. The van der Waals surface area contributed by atoms with Gasteiger partial charge in [0.25, 0.3) is 0 Å². The lowest BCUT2D eigenvalue weighted by Gasteiger charge is -2.35. The average Bonchev–Trinajstić information content (AvgIpc) is 2.67. The molecule has 0 aromatic heterocycles. The van der Waals surface area contributed by atoms with E-state index >= 15 is 0 Å². The highest BCUT2D eigenvalue weighted by molar-refractivity contribution is 4.87. The van der Waals surface area contributed by atoms with Gasteiger partial charge in [0.15, 0.2) is 0 Å². The van der Waals surface area contributed by atoms with Crippen LogP contribution in [0.4, 0.5) is 0 Å². The van der Waals surface area contributed by atoms with Gasteiger partial charge in [-0.15, -0.1) is 0 Å². The molecule has 0 aliphatic carbocycles. The van der Waals surface area contributed by atoms with E-state index in [2.05, 4.69) is 37.5 Å². The second kappa shape index (κ2) is 4.42. The minimum absolute atomic E-state index is 0.792. The van der Waals surface area contributed by atoms with Crippen molar-refractivity contribution in [3.63, 3.8) is 0 Å². The van der Waals surface area contributed by atoms with Gasteiger partial charge >= 0.3 is 0 Å². The largest absolute Gasteiger partial charge is 0.285 e. The van der Waals surface area contributed by atoms with Crippen molar-refractivity contribution in [3.8, 4) is 0 Å². The van der Waals surface area contributed by atoms with E-state index in [0.29, 0.717) is 0 Å². The minimum Gasteiger partial charge on any atom is -0.285 e. The Morgan fingerprint density at radius 3 is 1.20 bits per heavy atom. The van der Waals surface area contributed by atoms with Crippen molar-refractivity contribution in [1.29, 1.82) is 0 Å². The topological polar surface area (TPSA) is 6.48 Å². The van der Waals surface area contributed by atoms with Crippen LogP contribution in [0, 0.1) is 0 Å². The lowest BCUT2D eigenvalue weighted by atomic mass is 10.2. The lowest BCUT2D eigenvalue weighted by molar-refractivity contribution is 0.0726. The Kier molecular flexibility index (Phi) is 3.36. The molecule has 88 valence electrons. The summed E-state index contributed by atoms with van der Waals surface area (Å²) in [5.74, 6) is 0. The molecule has 2 heteroatoms. The number of hydrogen-bond acceptors (Lipinski definition) is 2. The molecule has 0 aromatic rings. The quantitative estimate of drug-likeness (QED) is 0.691. The van der Waals surface area contributed by atoms with Crippen LogP contribution < -0.4 is 0 Å². The van der Waals surface area contributed by atoms with Gasteiger partial charge in [-0.1, -0.05) is 0 Å². The summed E-state index contributed by atoms with van der Waals surface area (Å²) in [5.41, 5.74) is 0. The van der Waals surface area contributed by atoms with Crippen LogP contribution in [0.1, 0.15) is 53.4 Å². The third kappa shape index (κ3) is 2.21. The maximum atomic E-state index is 2.69. The van der Waals surface area contributed by atoms with Crippen LogP contribution in [-0.2, 0) is 0 Å². The van der Waals surface area contributed by atoms with Crippen molar-refractivity contribution in [2.45, 2.75) is 77.5 Å². The molecule has 2 aliphatic rings. The molecule has 0 saturated carbocycles. The molecule has 0 aromatic carbocycles. The summed E-state index contributed by atoms with van der Waals surface area (Å²) >= 11 is 0. The molecule has 2 heterocycles. The first-order chi connectivity index (χ1) is 7.09. The number of rotatable bonds is 2. The van der Waals surface area contributed by atoms with Gasteiger partial charge in [0, 0.05) is 24.2 Å². The summed E-state index contributed by atoms with van der Waals surface area (Å²) in [6.07, 6.45) is 5.55. The van der Waals surface area contributed by atoms with E-state index in [0.717, 1.165) is 24.2 Å². The summed E-state index contributed by atoms with van der Waals surface area (Å²) in [7, 11) is 0. The molecule has 15 heavy (non-hydrogen) atoms. The summed E-state index contributed by atoms with van der Waals surface area (Å²) < 4.78 is 0. The SMILES string of the molecule is C[C@H]1CC[C@H](C)N1CN1[C@@H](C)CC[C@@H]1C. The van der Waals surface area contributed by atoms with Gasteiger partial charge in [-0.2, -0.15) is 0 Å². The molecule has 2 aliphatic heterocycles. The Hall–Kier alpha value is -0.0800. The molecule has 2 fully saturated rings. The second-order valence-corrected chi connectivity index (χ2v) is 5.72. The van der Waals surface area contributed by atoms with Gasteiger partial charge in [-0.3, -0.25) is 9.80 Å². The Morgan fingerprint density at radius 2 is 0.933 bits per heavy atom. The van der Waals surface area contributed by atoms with E-state index in [1.165, 1.54) is 32.4 Å². The number of likely N-dealkylation sites (tertiary alicyclic amines) is 2. The molecular formula is C13H26N2. The number of nitrogens with zero attached hydrogens (tertiary/aromatic N) is 2. The third-order valence-corrected chi connectivity index (χ3v) is 4.60. The fourth-order valence-corrected chi connectivity index (χ4v) is 3.24. The Balaban J connectivity index is 1.95. The highest BCUT2D eigenvalue weighted by atomic mass is 15.4. The van der Waals surface area contributed by atoms with Crippen molar-refractivity contribution >= 4 is 0 Å². The third-order valence-electron chi connectivity index (χ3n) is 4.60. The summed E-state index contributed by atoms with van der Waals surface area (Å²) in [6.45, 7) is 10.7. The van der Waals surface area contributed by atoms with Crippen molar-refractivity contribution in [3.05, 3.63) is 0 Å². The molecular weight excluding hydrogens is 184 g/mol. The highest BCUT2D eigenvalue weighted by Gasteiger charge is 2.33. The first-order valence-corrected chi connectivity index (χ1v) is 6.61. The van der Waals surface area contributed by atoms with Gasteiger partial charge in [0.1, 0.15) is 0 Å². The first kappa shape index (κ1) is 11.4. The van der Waals surface area contributed by atoms with Crippen LogP contribution in [0.25, 0.3) is 0 Å². The molecule has 0 unspecified atom stereocenters. The molecule has 0 spiro atoms. The molecule has 2 nitrogen and oxygen atoms in total. The van der Waals surface area contributed by atoms with Gasteiger partial charge < -0.3 is 0 Å². The Morgan fingerprint density at radius 1 is 0.667 bits per heavy atom. The molecule has 0 amide bonds. The molecule has 0 bridgehead atoms. The molecule has 2 saturated heterocycles.